The number of amidine groups is 1. The molecule has 1 aromatic rings. The lowest BCUT2D eigenvalue weighted by atomic mass is 10.1. The summed E-state index contributed by atoms with van der Waals surface area (Å²) in [6.45, 7) is 1.50. The monoisotopic (exact) mass is 293 g/mol. The highest BCUT2D eigenvalue weighted by atomic mass is 16.5. The fourth-order valence-electron chi connectivity index (χ4n) is 2.26. The molecule has 1 aliphatic heterocycles. The Bertz CT molecular complexity index is 507. The van der Waals surface area contributed by atoms with Crippen LogP contribution in [0.5, 0.6) is 0 Å². The van der Waals surface area contributed by atoms with Crippen molar-refractivity contribution in [2.45, 2.75) is 25.6 Å². The number of likely N-dealkylation sites (tertiary alicyclic amines) is 1. The number of carbonyl (C=O) groups is 1. The van der Waals surface area contributed by atoms with Crippen LogP contribution in [0.15, 0.2) is 29.4 Å². The molecular formula is C14H19N3O4. The lowest BCUT2D eigenvalue weighted by Gasteiger charge is -2.29. The first kappa shape index (κ1) is 15.1. The summed E-state index contributed by atoms with van der Waals surface area (Å²) in [5.74, 6) is 0.0727. The van der Waals surface area contributed by atoms with E-state index in [9.17, 15) is 4.79 Å². The second-order valence-electron chi connectivity index (χ2n) is 4.96. The van der Waals surface area contributed by atoms with Crippen LogP contribution in [-0.4, -0.2) is 46.3 Å². The lowest BCUT2D eigenvalue weighted by Crippen LogP contribution is -2.40. The van der Waals surface area contributed by atoms with Gasteiger partial charge >= 0.3 is 6.09 Å². The van der Waals surface area contributed by atoms with E-state index in [0.717, 1.165) is 5.56 Å². The van der Waals surface area contributed by atoms with Gasteiger partial charge in [0, 0.05) is 18.7 Å². The summed E-state index contributed by atoms with van der Waals surface area (Å²) in [5, 5.41) is 20.4. The Hall–Kier alpha value is -2.28. The first-order valence-corrected chi connectivity index (χ1v) is 6.76. The molecule has 7 heteroatoms. The summed E-state index contributed by atoms with van der Waals surface area (Å²) in [5.41, 5.74) is 7.13. The molecule has 0 aliphatic carbocycles. The second kappa shape index (κ2) is 6.94. The van der Waals surface area contributed by atoms with Crippen molar-refractivity contribution in [3.8, 4) is 0 Å². The van der Waals surface area contributed by atoms with Crippen molar-refractivity contribution < 1.29 is 19.8 Å². The number of rotatable bonds is 4. The number of oxime groups is 1. The van der Waals surface area contributed by atoms with Crippen molar-refractivity contribution in [3.05, 3.63) is 35.4 Å². The van der Waals surface area contributed by atoms with Crippen molar-refractivity contribution in [1.82, 2.24) is 4.90 Å². The molecule has 1 fully saturated rings. The number of nitrogens with two attached hydrogens (primary N) is 1. The zero-order valence-electron chi connectivity index (χ0n) is 11.6. The highest BCUT2D eigenvalue weighted by Gasteiger charge is 2.22. The zero-order valence-corrected chi connectivity index (χ0v) is 11.6. The molecular weight excluding hydrogens is 274 g/mol. The quantitative estimate of drug-likeness (QED) is 0.337. The van der Waals surface area contributed by atoms with Crippen molar-refractivity contribution in [2.24, 2.45) is 10.9 Å². The maximum absolute atomic E-state index is 10.8. The number of hydrogen-bond acceptors (Lipinski definition) is 4. The van der Waals surface area contributed by atoms with Gasteiger partial charge in [-0.05, 0) is 18.4 Å². The third kappa shape index (κ3) is 4.09. The number of piperidine rings is 1. The maximum Gasteiger partial charge on any atom is 0.407 e. The summed E-state index contributed by atoms with van der Waals surface area (Å²) in [6, 6.07) is 7.25. The Kier molecular flexibility index (Phi) is 4.99. The minimum Gasteiger partial charge on any atom is -0.465 e. The van der Waals surface area contributed by atoms with Gasteiger partial charge in [0.25, 0.3) is 0 Å². The molecule has 114 valence electrons. The smallest absolute Gasteiger partial charge is 0.407 e. The summed E-state index contributed by atoms with van der Waals surface area (Å²) in [6.07, 6.45) is 0.653. The first-order chi connectivity index (χ1) is 10.1. The molecule has 1 amide bonds. The fourth-order valence-corrected chi connectivity index (χ4v) is 2.26. The van der Waals surface area contributed by atoms with Gasteiger partial charge in [-0.25, -0.2) is 4.79 Å². The van der Waals surface area contributed by atoms with Crippen molar-refractivity contribution in [3.63, 3.8) is 0 Å². The standard InChI is InChI=1S/C14H19N3O4/c15-13(16-20)11-3-1-10(2-4-11)9-21-12-5-7-17(8-6-12)14(18)19/h1-4,12,20H,5-9H2,(H2,15,16)(H,18,19). The van der Waals surface area contributed by atoms with Gasteiger partial charge in [0.1, 0.15) is 0 Å². The molecule has 7 nitrogen and oxygen atoms in total. The maximum atomic E-state index is 10.8. The van der Waals surface area contributed by atoms with Crippen LogP contribution in [0.25, 0.3) is 0 Å². The molecule has 0 atom stereocenters. The molecule has 0 aromatic heterocycles. The molecule has 1 saturated heterocycles. The molecule has 0 saturated carbocycles. The number of nitrogens with zero attached hydrogens (tertiary/aromatic N) is 2. The molecule has 1 heterocycles. The van der Waals surface area contributed by atoms with E-state index in [2.05, 4.69) is 5.16 Å². The van der Waals surface area contributed by atoms with Crippen LogP contribution >= 0.6 is 0 Å². The average molecular weight is 293 g/mol. The van der Waals surface area contributed by atoms with Gasteiger partial charge in [-0.1, -0.05) is 29.4 Å². The Morgan fingerprint density at radius 1 is 1.33 bits per heavy atom. The number of carboxylic acid groups (broad SMARTS) is 1. The van der Waals surface area contributed by atoms with E-state index in [1.807, 2.05) is 12.1 Å². The number of benzene rings is 1. The molecule has 21 heavy (non-hydrogen) atoms. The van der Waals surface area contributed by atoms with Gasteiger partial charge in [-0.15, -0.1) is 0 Å². The van der Waals surface area contributed by atoms with Gasteiger partial charge in [0.2, 0.25) is 0 Å². The fraction of sp³-hybridized carbons (Fsp3) is 0.429. The van der Waals surface area contributed by atoms with E-state index < -0.39 is 6.09 Å². The van der Waals surface area contributed by atoms with Crippen molar-refractivity contribution >= 4 is 11.9 Å². The summed E-state index contributed by atoms with van der Waals surface area (Å²) >= 11 is 0. The van der Waals surface area contributed by atoms with E-state index in [1.165, 1.54) is 4.90 Å². The van der Waals surface area contributed by atoms with Crippen LogP contribution in [0, 0.1) is 0 Å². The molecule has 2 rings (SSSR count). The van der Waals surface area contributed by atoms with Crippen LogP contribution < -0.4 is 5.73 Å². The molecule has 0 radical (unpaired) electrons. The Labute approximate surface area is 122 Å². The van der Waals surface area contributed by atoms with Crippen LogP contribution in [-0.2, 0) is 11.3 Å². The predicted octanol–water partition coefficient (Wildman–Crippen LogP) is 1.44. The second-order valence-corrected chi connectivity index (χ2v) is 4.96. The topological polar surface area (TPSA) is 108 Å². The molecule has 1 aliphatic rings. The van der Waals surface area contributed by atoms with E-state index in [-0.39, 0.29) is 11.9 Å². The predicted molar refractivity (Wildman–Crippen MR) is 76.4 cm³/mol. The average Bonchev–Trinajstić information content (AvgIpc) is 2.53. The Morgan fingerprint density at radius 2 is 1.95 bits per heavy atom. The number of ether oxygens (including phenoxy) is 1. The van der Waals surface area contributed by atoms with Gasteiger partial charge in [0.15, 0.2) is 5.84 Å². The van der Waals surface area contributed by atoms with Crippen LogP contribution in [0.4, 0.5) is 4.79 Å². The Balaban J connectivity index is 1.80. The van der Waals surface area contributed by atoms with E-state index in [4.69, 9.17) is 20.8 Å². The highest BCUT2D eigenvalue weighted by molar-refractivity contribution is 5.96. The SMILES string of the molecule is N/C(=N/O)c1ccc(COC2CCN(C(=O)O)CC2)cc1. The minimum atomic E-state index is -0.868. The largest absolute Gasteiger partial charge is 0.465 e. The normalized spacial score (nSPS) is 17.0. The van der Waals surface area contributed by atoms with Crippen molar-refractivity contribution in [1.29, 1.82) is 0 Å². The number of hydrogen-bond donors (Lipinski definition) is 3. The van der Waals surface area contributed by atoms with Crippen LogP contribution in [0.2, 0.25) is 0 Å². The van der Waals surface area contributed by atoms with E-state index in [0.29, 0.717) is 38.1 Å². The summed E-state index contributed by atoms with van der Waals surface area (Å²) in [4.78, 5) is 12.2. The summed E-state index contributed by atoms with van der Waals surface area (Å²) < 4.78 is 5.79. The minimum absolute atomic E-state index is 0.0727. The first-order valence-electron chi connectivity index (χ1n) is 6.76. The van der Waals surface area contributed by atoms with Gasteiger partial charge < -0.3 is 25.7 Å². The zero-order chi connectivity index (χ0) is 15.2. The summed E-state index contributed by atoms with van der Waals surface area (Å²) in [7, 11) is 0. The molecule has 4 N–H and O–H groups in total. The molecule has 1 aromatic carbocycles. The highest BCUT2D eigenvalue weighted by Crippen LogP contribution is 2.16. The molecule has 0 unspecified atom stereocenters. The lowest BCUT2D eigenvalue weighted by molar-refractivity contribution is 0.000370. The van der Waals surface area contributed by atoms with E-state index >= 15 is 0 Å². The third-order valence-corrected chi connectivity index (χ3v) is 3.56. The van der Waals surface area contributed by atoms with Gasteiger partial charge in [0.05, 0.1) is 12.7 Å². The van der Waals surface area contributed by atoms with Crippen LogP contribution in [0.3, 0.4) is 0 Å². The Morgan fingerprint density at radius 3 is 2.48 bits per heavy atom. The van der Waals surface area contributed by atoms with E-state index in [1.54, 1.807) is 12.1 Å². The van der Waals surface area contributed by atoms with Crippen molar-refractivity contribution in [2.75, 3.05) is 13.1 Å². The third-order valence-electron chi connectivity index (χ3n) is 3.56. The van der Waals surface area contributed by atoms with Crippen LogP contribution in [0.1, 0.15) is 24.0 Å². The number of amides is 1. The molecule has 0 spiro atoms. The van der Waals surface area contributed by atoms with Gasteiger partial charge in [-0.3, -0.25) is 0 Å². The van der Waals surface area contributed by atoms with Gasteiger partial charge in [-0.2, -0.15) is 0 Å². The molecule has 0 bridgehead atoms.